The summed E-state index contributed by atoms with van der Waals surface area (Å²) in [6.07, 6.45) is 1.86. The Morgan fingerprint density at radius 1 is 1.04 bits per heavy atom. The highest BCUT2D eigenvalue weighted by Gasteiger charge is 2.44. The number of hydrogen-bond acceptors (Lipinski definition) is 6. The summed E-state index contributed by atoms with van der Waals surface area (Å²) in [7, 11) is 0. The van der Waals surface area contributed by atoms with E-state index in [1.807, 2.05) is 6.07 Å². The number of carbonyl (C=O) groups excluding carboxylic acids is 4. The van der Waals surface area contributed by atoms with Gasteiger partial charge < -0.3 is 5.32 Å². The highest BCUT2D eigenvalue weighted by molar-refractivity contribution is 6.23. The molecule has 8 heteroatoms. The largest absolute Gasteiger partial charge is 0.340 e. The van der Waals surface area contributed by atoms with Crippen LogP contribution in [0.1, 0.15) is 33.6 Å². The predicted octanol–water partition coefficient (Wildman–Crippen LogP) is 1.23. The molecule has 1 aromatic carbocycles. The summed E-state index contributed by atoms with van der Waals surface area (Å²) in [4.78, 5) is 53.8. The number of aromatic nitrogens is 1. The molecular weight excluding hydrogens is 336 g/mol. The van der Waals surface area contributed by atoms with Crippen LogP contribution in [0.5, 0.6) is 0 Å². The minimum atomic E-state index is -0.965. The normalized spacial score (nSPS) is 19.4. The zero-order valence-electron chi connectivity index (χ0n) is 13.6. The molecule has 1 fully saturated rings. The lowest BCUT2D eigenvalue weighted by molar-refractivity contribution is -0.136. The molecule has 0 aliphatic carbocycles. The van der Waals surface area contributed by atoms with Gasteiger partial charge in [0.1, 0.15) is 11.9 Å². The van der Waals surface area contributed by atoms with Gasteiger partial charge in [0.15, 0.2) is 0 Å². The van der Waals surface area contributed by atoms with Gasteiger partial charge in [-0.1, -0.05) is 6.07 Å². The van der Waals surface area contributed by atoms with Crippen molar-refractivity contribution in [2.45, 2.75) is 18.9 Å². The minimum absolute atomic E-state index is 0.0935. The monoisotopic (exact) mass is 350 g/mol. The van der Waals surface area contributed by atoms with Crippen molar-refractivity contribution < 1.29 is 19.2 Å². The number of rotatable bonds is 3. The molecule has 2 N–H and O–H groups in total. The molecule has 1 unspecified atom stereocenters. The number of hydrogen-bond donors (Lipinski definition) is 2. The molecule has 2 aliphatic heterocycles. The van der Waals surface area contributed by atoms with E-state index in [2.05, 4.69) is 15.6 Å². The fourth-order valence-corrected chi connectivity index (χ4v) is 3.13. The second kappa shape index (κ2) is 6.07. The third kappa shape index (κ3) is 2.61. The van der Waals surface area contributed by atoms with Gasteiger partial charge in [-0.3, -0.25) is 29.4 Å². The van der Waals surface area contributed by atoms with Crippen LogP contribution in [0.2, 0.25) is 0 Å². The Balaban J connectivity index is 1.62. The van der Waals surface area contributed by atoms with E-state index in [9.17, 15) is 19.2 Å². The number of fused-ring (bicyclic) bond motifs is 1. The van der Waals surface area contributed by atoms with Crippen LogP contribution in [0.4, 0.5) is 11.5 Å². The average Bonchev–Trinajstić information content (AvgIpc) is 2.87. The molecule has 0 bridgehead atoms. The van der Waals surface area contributed by atoms with Crippen LogP contribution in [-0.4, -0.2) is 39.6 Å². The summed E-state index contributed by atoms with van der Waals surface area (Å²) >= 11 is 0. The van der Waals surface area contributed by atoms with Crippen molar-refractivity contribution in [1.82, 2.24) is 15.2 Å². The molecule has 3 heterocycles. The van der Waals surface area contributed by atoms with Gasteiger partial charge in [-0.2, -0.15) is 0 Å². The van der Waals surface area contributed by atoms with Crippen molar-refractivity contribution in [3.05, 3.63) is 53.7 Å². The number of benzene rings is 1. The van der Waals surface area contributed by atoms with E-state index in [1.54, 1.807) is 36.5 Å². The highest BCUT2D eigenvalue weighted by Crippen LogP contribution is 2.30. The molecular formula is C18H14N4O4. The van der Waals surface area contributed by atoms with Crippen LogP contribution in [0, 0.1) is 0 Å². The third-order valence-electron chi connectivity index (χ3n) is 4.38. The Morgan fingerprint density at radius 3 is 2.58 bits per heavy atom. The van der Waals surface area contributed by atoms with Crippen LogP contribution in [-0.2, 0) is 9.59 Å². The van der Waals surface area contributed by atoms with Crippen molar-refractivity contribution >= 4 is 35.1 Å². The van der Waals surface area contributed by atoms with Gasteiger partial charge in [0.05, 0.1) is 11.1 Å². The molecule has 8 nitrogen and oxygen atoms in total. The number of nitrogens with zero attached hydrogens (tertiary/aromatic N) is 2. The molecule has 2 aliphatic rings. The van der Waals surface area contributed by atoms with Crippen molar-refractivity contribution in [3.8, 4) is 0 Å². The second-order valence-electron chi connectivity index (χ2n) is 6.05. The van der Waals surface area contributed by atoms with E-state index in [0.717, 1.165) is 4.90 Å². The number of pyridine rings is 1. The summed E-state index contributed by atoms with van der Waals surface area (Å²) in [6.45, 7) is 0. The van der Waals surface area contributed by atoms with Gasteiger partial charge in [-0.15, -0.1) is 0 Å². The predicted molar refractivity (Wildman–Crippen MR) is 90.6 cm³/mol. The maximum Gasteiger partial charge on any atom is 0.262 e. The molecule has 0 spiro atoms. The summed E-state index contributed by atoms with van der Waals surface area (Å²) in [6, 6.07) is 9.20. The lowest BCUT2D eigenvalue weighted by Crippen LogP contribution is -2.54. The van der Waals surface area contributed by atoms with Crippen LogP contribution < -0.4 is 10.6 Å². The third-order valence-corrected chi connectivity index (χ3v) is 4.38. The topological polar surface area (TPSA) is 108 Å². The lowest BCUT2D eigenvalue weighted by atomic mass is 10.0. The van der Waals surface area contributed by atoms with E-state index in [4.69, 9.17) is 0 Å². The number of carbonyl (C=O) groups is 4. The Labute approximate surface area is 148 Å². The van der Waals surface area contributed by atoms with E-state index in [0.29, 0.717) is 11.5 Å². The molecule has 0 saturated carbocycles. The summed E-state index contributed by atoms with van der Waals surface area (Å²) in [5, 5.41) is 5.23. The van der Waals surface area contributed by atoms with Crippen molar-refractivity contribution in [1.29, 1.82) is 0 Å². The molecule has 1 atom stereocenters. The van der Waals surface area contributed by atoms with Gasteiger partial charge in [0.25, 0.3) is 11.8 Å². The molecule has 0 radical (unpaired) electrons. The molecule has 2 aromatic rings. The highest BCUT2D eigenvalue weighted by atomic mass is 16.2. The Hall–Kier alpha value is -3.55. The summed E-state index contributed by atoms with van der Waals surface area (Å²) in [5.41, 5.74) is 1.07. The summed E-state index contributed by atoms with van der Waals surface area (Å²) < 4.78 is 0. The number of anilines is 2. The summed E-state index contributed by atoms with van der Waals surface area (Å²) in [5.74, 6) is -1.48. The zero-order chi connectivity index (χ0) is 18.3. The zero-order valence-corrected chi connectivity index (χ0v) is 13.6. The number of piperidine rings is 1. The van der Waals surface area contributed by atoms with Crippen LogP contribution in [0.3, 0.4) is 0 Å². The van der Waals surface area contributed by atoms with E-state index in [1.165, 1.54) is 0 Å². The van der Waals surface area contributed by atoms with Crippen LogP contribution in [0.25, 0.3) is 0 Å². The molecule has 4 amide bonds. The van der Waals surface area contributed by atoms with E-state index >= 15 is 0 Å². The SMILES string of the molecule is O=C1CCC(N2C(=O)c3ccc(Nc4ccccn4)cc3C2=O)C(=O)N1. The first-order chi connectivity index (χ1) is 12.5. The molecule has 1 saturated heterocycles. The quantitative estimate of drug-likeness (QED) is 0.806. The minimum Gasteiger partial charge on any atom is -0.340 e. The molecule has 1 aromatic heterocycles. The average molecular weight is 350 g/mol. The first-order valence-corrected chi connectivity index (χ1v) is 8.08. The molecule has 4 rings (SSSR count). The van der Waals surface area contributed by atoms with Crippen LogP contribution >= 0.6 is 0 Å². The molecule has 130 valence electrons. The van der Waals surface area contributed by atoms with Gasteiger partial charge in [0.2, 0.25) is 11.8 Å². The van der Waals surface area contributed by atoms with Gasteiger partial charge >= 0.3 is 0 Å². The standard InChI is InChI=1S/C18H14N4O4/c23-15-7-6-13(16(24)21-15)22-17(25)11-5-4-10(9-12(11)18(22)26)20-14-3-1-2-8-19-14/h1-5,8-9,13H,6-7H2,(H,19,20)(H,21,23,24). The first-order valence-electron chi connectivity index (χ1n) is 8.08. The fourth-order valence-electron chi connectivity index (χ4n) is 3.13. The number of amides is 4. The van der Waals surface area contributed by atoms with Gasteiger partial charge in [-0.05, 0) is 36.8 Å². The van der Waals surface area contributed by atoms with Crippen molar-refractivity contribution in [2.75, 3.05) is 5.32 Å². The maximum absolute atomic E-state index is 12.7. The Bertz CT molecular complexity index is 941. The van der Waals surface area contributed by atoms with Crippen molar-refractivity contribution in [3.63, 3.8) is 0 Å². The lowest BCUT2D eigenvalue weighted by Gasteiger charge is -2.27. The molecule has 26 heavy (non-hydrogen) atoms. The smallest absolute Gasteiger partial charge is 0.262 e. The van der Waals surface area contributed by atoms with Gasteiger partial charge in [0, 0.05) is 18.3 Å². The Kier molecular flexibility index (Phi) is 3.72. The van der Waals surface area contributed by atoms with E-state index in [-0.39, 0.29) is 24.0 Å². The van der Waals surface area contributed by atoms with E-state index < -0.39 is 29.7 Å². The second-order valence-corrected chi connectivity index (χ2v) is 6.05. The fraction of sp³-hybridized carbons (Fsp3) is 0.167. The Morgan fingerprint density at radius 2 is 1.85 bits per heavy atom. The van der Waals surface area contributed by atoms with Crippen LogP contribution in [0.15, 0.2) is 42.6 Å². The first kappa shape index (κ1) is 15.9. The maximum atomic E-state index is 12.7. The van der Waals surface area contributed by atoms with Gasteiger partial charge in [-0.25, -0.2) is 4.98 Å². The number of imide groups is 2. The number of nitrogens with one attached hydrogen (secondary N) is 2. The van der Waals surface area contributed by atoms with Crippen molar-refractivity contribution in [2.24, 2.45) is 0 Å².